The topological polar surface area (TPSA) is 73.1 Å². The third-order valence-electron chi connectivity index (χ3n) is 2.96. The summed E-state index contributed by atoms with van der Waals surface area (Å²) in [6, 6.07) is 3.47. The van der Waals surface area contributed by atoms with Crippen molar-refractivity contribution >= 4 is 33.0 Å². The van der Waals surface area contributed by atoms with Crippen LogP contribution in [0.3, 0.4) is 0 Å². The highest BCUT2D eigenvalue weighted by Gasteiger charge is 2.27. The Kier molecular flexibility index (Phi) is 3.38. The molecule has 0 aliphatic heterocycles. The van der Waals surface area contributed by atoms with E-state index in [4.69, 9.17) is 0 Å². The molecule has 0 aliphatic carbocycles. The Morgan fingerprint density at radius 2 is 2.28 bits per heavy atom. The van der Waals surface area contributed by atoms with Gasteiger partial charge in [-0.05, 0) is 25.5 Å². The van der Waals surface area contributed by atoms with Gasteiger partial charge in [0.25, 0.3) is 5.69 Å². The molecule has 2 rings (SSSR count). The molecule has 1 heterocycles. The van der Waals surface area contributed by atoms with Crippen LogP contribution in [0.2, 0.25) is 0 Å². The molecule has 0 spiro atoms. The quantitative estimate of drug-likeness (QED) is 0.627. The smallest absolute Gasteiger partial charge is 0.299 e. The predicted molar refractivity (Wildman–Crippen MR) is 70.0 cm³/mol. The summed E-state index contributed by atoms with van der Waals surface area (Å²) in [6.45, 7) is 3.31. The van der Waals surface area contributed by atoms with Crippen LogP contribution in [0, 0.1) is 10.1 Å². The Labute approximate surface area is 108 Å². The molecular formula is C12H12N2O3S. The maximum Gasteiger partial charge on any atom is 0.300 e. The van der Waals surface area contributed by atoms with Crippen LogP contribution in [-0.2, 0) is 4.79 Å². The minimum Gasteiger partial charge on any atom is -0.299 e. The summed E-state index contributed by atoms with van der Waals surface area (Å²) in [6.07, 6.45) is 0.547. The van der Waals surface area contributed by atoms with E-state index in [1.165, 1.54) is 18.3 Å². The summed E-state index contributed by atoms with van der Waals surface area (Å²) in [4.78, 5) is 26.4. The summed E-state index contributed by atoms with van der Waals surface area (Å²) in [5, 5.41) is 11.2. The average Bonchev–Trinajstić information content (AvgIpc) is 2.76. The third-order valence-corrected chi connectivity index (χ3v) is 3.76. The molecule has 0 bridgehead atoms. The Bertz CT molecular complexity index is 621. The van der Waals surface area contributed by atoms with Crippen LogP contribution in [-0.4, -0.2) is 15.7 Å². The number of ketones is 1. The van der Waals surface area contributed by atoms with E-state index in [1.807, 2.05) is 6.92 Å². The van der Waals surface area contributed by atoms with E-state index < -0.39 is 10.8 Å². The van der Waals surface area contributed by atoms with Gasteiger partial charge in [0.2, 0.25) is 0 Å². The Morgan fingerprint density at radius 3 is 2.83 bits per heavy atom. The Balaban J connectivity index is 2.73. The van der Waals surface area contributed by atoms with Crippen molar-refractivity contribution in [3.05, 3.63) is 33.3 Å². The average molecular weight is 264 g/mol. The minimum atomic E-state index is -0.441. The van der Waals surface area contributed by atoms with Crippen LogP contribution >= 0.6 is 11.3 Å². The molecule has 5 nitrogen and oxygen atoms in total. The number of hydrogen-bond donors (Lipinski definition) is 0. The number of nitro groups is 1. The molecule has 0 amide bonds. The highest BCUT2D eigenvalue weighted by molar-refractivity contribution is 7.16. The van der Waals surface area contributed by atoms with Gasteiger partial charge >= 0.3 is 0 Å². The number of carbonyl (C=O) groups is 1. The summed E-state index contributed by atoms with van der Waals surface area (Å²) in [7, 11) is 0. The van der Waals surface area contributed by atoms with Crippen LogP contribution in [0.4, 0.5) is 5.69 Å². The fourth-order valence-corrected chi connectivity index (χ4v) is 2.81. The van der Waals surface area contributed by atoms with Gasteiger partial charge in [0, 0.05) is 11.5 Å². The van der Waals surface area contributed by atoms with Gasteiger partial charge < -0.3 is 0 Å². The first-order valence-electron chi connectivity index (χ1n) is 5.57. The maximum absolute atomic E-state index is 11.6. The lowest BCUT2D eigenvalue weighted by Crippen LogP contribution is -2.10. The van der Waals surface area contributed by atoms with E-state index in [0.29, 0.717) is 17.5 Å². The number of hydrogen-bond acceptors (Lipinski definition) is 5. The zero-order chi connectivity index (χ0) is 13.3. The normalized spacial score (nSPS) is 12.6. The monoisotopic (exact) mass is 264 g/mol. The molecule has 1 aromatic carbocycles. The van der Waals surface area contributed by atoms with Crippen molar-refractivity contribution in [3.63, 3.8) is 0 Å². The lowest BCUT2D eigenvalue weighted by Gasteiger charge is -2.11. The molecule has 1 unspecified atom stereocenters. The first-order chi connectivity index (χ1) is 8.56. The molecule has 1 atom stereocenters. The second-order valence-corrected chi connectivity index (χ2v) is 4.92. The second-order valence-electron chi connectivity index (χ2n) is 4.03. The molecule has 94 valence electrons. The van der Waals surface area contributed by atoms with Gasteiger partial charge in [-0.25, -0.2) is 4.98 Å². The van der Waals surface area contributed by atoms with Crippen LogP contribution in [0.25, 0.3) is 10.2 Å². The highest BCUT2D eigenvalue weighted by atomic mass is 32.1. The van der Waals surface area contributed by atoms with E-state index in [-0.39, 0.29) is 11.5 Å². The lowest BCUT2D eigenvalue weighted by atomic mass is 9.91. The first kappa shape index (κ1) is 12.6. The second kappa shape index (κ2) is 4.81. The van der Waals surface area contributed by atoms with Gasteiger partial charge in [0.15, 0.2) is 5.52 Å². The van der Waals surface area contributed by atoms with Crippen molar-refractivity contribution in [2.75, 3.05) is 0 Å². The van der Waals surface area contributed by atoms with Gasteiger partial charge in [-0.2, -0.15) is 0 Å². The first-order valence-corrected chi connectivity index (χ1v) is 6.45. The van der Waals surface area contributed by atoms with Crippen molar-refractivity contribution in [3.8, 4) is 0 Å². The number of benzene rings is 1. The van der Waals surface area contributed by atoms with Gasteiger partial charge in [-0.3, -0.25) is 14.9 Å². The summed E-state index contributed by atoms with van der Waals surface area (Å²) < 4.78 is 0.767. The standard InChI is InChI=1S/C12H12N2O3S/c1-3-8(7(2)15)9-4-5-10-11(13-6-18-10)12(9)14(16)17/h4-6,8H,3H2,1-2H3. The number of aromatic nitrogens is 1. The molecule has 6 heteroatoms. The molecule has 18 heavy (non-hydrogen) atoms. The van der Waals surface area contributed by atoms with Crippen LogP contribution in [0.5, 0.6) is 0 Å². The SMILES string of the molecule is CCC(C(C)=O)c1ccc2scnc2c1[N+](=O)[O-]. The number of thiazole rings is 1. The third kappa shape index (κ3) is 1.99. The predicted octanol–water partition coefficient (Wildman–Crippen LogP) is 3.29. The van der Waals surface area contributed by atoms with E-state index in [1.54, 1.807) is 17.6 Å². The number of fused-ring (bicyclic) bond motifs is 1. The van der Waals surface area contributed by atoms with Crippen molar-refractivity contribution in [1.29, 1.82) is 0 Å². The molecule has 0 fully saturated rings. The largest absolute Gasteiger partial charge is 0.300 e. The number of Topliss-reactive ketones (excluding diaryl/α,β-unsaturated/α-hetero) is 1. The summed E-state index contributed by atoms with van der Waals surface area (Å²) in [5.74, 6) is -0.494. The summed E-state index contributed by atoms with van der Waals surface area (Å²) >= 11 is 1.35. The van der Waals surface area contributed by atoms with Crippen molar-refractivity contribution in [2.24, 2.45) is 0 Å². The zero-order valence-electron chi connectivity index (χ0n) is 10.0. The van der Waals surface area contributed by atoms with Gasteiger partial charge in [-0.15, -0.1) is 11.3 Å². The molecule has 0 saturated carbocycles. The highest BCUT2D eigenvalue weighted by Crippen LogP contribution is 2.36. The zero-order valence-corrected chi connectivity index (χ0v) is 10.9. The van der Waals surface area contributed by atoms with E-state index in [2.05, 4.69) is 4.98 Å². The van der Waals surface area contributed by atoms with Crippen molar-refractivity contribution in [1.82, 2.24) is 4.98 Å². The van der Waals surface area contributed by atoms with Crippen LogP contribution in [0.1, 0.15) is 31.7 Å². The fourth-order valence-electron chi connectivity index (χ4n) is 2.13. The molecule has 0 aliphatic rings. The molecule has 1 aromatic heterocycles. The lowest BCUT2D eigenvalue weighted by molar-refractivity contribution is -0.384. The molecule has 2 aromatic rings. The van der Waals surface area contributed by atoms with Gasteiger partial charge in [-0.1, -0.05) is 6.92 Å². The van der Waals surface area contributed by atoms with Crippen molar-refractivity contribution < 1.29 is 9.72 Å². The number of nitrogens with zero attached hydrogens (tertiary/aromatic N) is 2. The summed E-state index contributed by atoms with van der Waals surface area (Å²) in [5.41, 5.74) is 2.39. The Hall–Kier alpha value is -1.82. The minimum absolute atomic E-state index is 0.0317. The number of rotatable bonds is 4. The Morgan fingerprint density at radius 1 is 1.56 bits per heavy atom. The van der Waals surface area contributed by atoms with Crippen LogP contribution in [0.15, 0.2) is 17.6 Å². The van der Waals surface area contributed by atoms with E-state index in [9.17, 15) is 14.9 Å². The van der Waals surface area contributed by atoms with Gasteiger partial charge in [0.1, 0.15) is 5.78 Å². The molecule has 0 saturated heterocycles. The fraction of sp³-hybridized carbons (Fsp3) is 0.333. The molecule has 0 radical (unpaired) electrons. The van der Waals surface area contributed by atoms with Crippen LogP contribution < -0.4 is 0 Å². The van der Waals surface area contributed by atoms with E-state index >= 15 is 0 Å². The number of carbonyl (C=O) groups excluding carboxylic acids is 1. The molecular weight excluding hydrogens is 252 g/mol. The van der Waals surface area contributed by atoms with Gasteiger partial charge in [0.05, 0.1) is 15.1 Å². The van der Waals surface area contributed by atoms with Crippen molar-refractivity contribution in [2.45, 2.75) is 26.2 Å². The van der Waals surface area contributed by atoms with E-state index in [0.717, 1.165) is 4.70 Å². The molecule has 0 N–H and O–H groups in total. The number of nitro benzene ring substituents is 1. The maximum atomic E-state index is 11.6.